The van der Waals surface area contributed by atoms with Crippen LogP contribution in [0.25, 0.3) is 0 Å². The zero-order chi connectivity index (χ0) is 13.9. The van der Waals surface area contributed by atoms with E-state index in [-0.39, 0.29) is 0 Å². The van der Waals surface area contributed by atoms with Gasteiger partial charge in [0, 0.05) is 36.7 Å². The fraction of sp³-hybridized carbons (Fsp3) is 0.765. The lowest BCUT2D eigenvalue weighted by molar-refractivity contribution is 0.114. The van der Waals surface area contributed by atoms with Crippen molar-refractivity contribution in [3.8, 4) is 0 Å². The van der Waals surface area contributed by atoms with Crippen molar-refractivity contribution in [2.45, 2.75) is 70.5 Å². The van der Waals surface area contributed by atoms with E-state index in [4.69, 9.17) is 4.42 Å². The predicted octanol–water partition coefficient (Wildman–Crippen LogP) is 3.51. The van der Waals surface area contributed by atoms with Gasteiger partial charge in [-0.25, -0.2) is 0 Å². The van der Waals surface area contributed by atoms with Crippen LogP contribution in [0, 0.1) is 0 Å². The second-order valence-corrected chi connectivity index (χ2v) is 6.64. The fourth-order valence-corrected chi connectivity index (χ4v) is 3.84. The fourth-order valence-electron chi connectivity index (χ4n) is 3.84. The first-order chi connectivity index (χ1) is 9.75. The van der Waals surface area contributed by atoms with Gasteiger partial charge in [0.25, 0.3) is 0 Å². The third-order valence-electron chi connectivity index (χ3n) is 4.93. The van der Waals surface area contributed by atoms with Crippen molar-refractivity contribution in [1.29, 1.82) is 0 Å². The van der Waals surface area contributed by atoms with E-state index in [9.17, 15) is 0 Å². The lowest BCUT2D eigenvalue weighted by Gasteiger charge is -2.40. The van der Waals surface area contributed by atoms with Gasteiger partial charge < -0.3 is 9.73 Å². The Kier molecular flexibility index (Phi) is 4.47. The van der Waals surface area contributed by atoms with Crippen molar-refractivity contribution in [2.75, 3.05) is 13.1 Å². The zero-order valence-electron chi connectivity index (χ0n) is 12.9. The second kappa shape index (κ2) is 6.31. The van der Waals surface area contributed by atoms with Gasteiger partial charge in [0.15, 0.2) is 0 Å². The summed E-state index contributed by atoms with van der Waals surface area (Å²) >= 11 is 0. The van der Waals surface area contributed by atoms with Crippen LogP contribution in [0.5, 0.6) is 0 Å². The largest absolute Gasteiger partial charge is 0.469 e. The highest BCUT2D eigenvalue weighted by Gasteiger charge is 2.31. The molecule has 1 aliphatic carbocycles. The van der Waals surface area contributed by atoms with Crippen LogP contribution in [0.2, 0.25) is 0 Å². The van der Waals surface area contributed by atoms with Crippen LogP contribution in [-0.4, -0.2) is 30.1 Å². The van der Waals surface area contributed by atoms with Crippen LogP contribution in [0.3, 0.4) is 0 Å². The Morgan fingerprint density at radius 1 is 1.30 bits per heavy atom. The Morgan fingerprint density at radius 2 is 2.20 bits per heavy atom. The van der Waals surface area contributed by atoms with Crippen molar-refractivity contribution in [2.24, 2.45) is 0 Å². The van der Waals surface area contributed by atoms with Crippen molar-refractivity contribution >= 4 is 0 Å². The van der Waals surface area contributed by atoms with Crippen LogP contribution in [0.1, 0.15) is 63.3 Å². The van der Waals surface area contributed by atoms with Crippen molar-refractivity contribution in [3.05, 3.63) is 23.7 Å². The van der Waals surface area contributed by atoms with Gasteiger partial charge in [-0.3, -0.25) is 4.90 Å². The number of nitrogens with one attached hydrogen (secondary N) is 1. The molecule has 0 saturated carbocycles. The van der Waals surface area contributed by atoms with E-state index in [1.54, 1.807) is 0 Å². The van der Waals surface area contributed by atoms with E-state index in [0.717, 1.165) is 6.42 Å². The van der Waals surface area contributed by atoms with E-state index in [1.165, 1.54) is 56.5 Å². The number of hydrogen-bond acceptors (Lipinski definition) is 3. The van der Waals surface area contributed by atoms with Gasteiger partial charge in [0.05, 0.1) is 6.26 Å². The van der Waals surface area contributed by atoms with Gasteiger partial charge in [-0.15, -0.1) is 0 Å². The molecule has 3 rings (SSSR count). The summed E-state index contributed by atoms with van der Waals surface area (Å²) in [6, 6.07) is 4.01. The highest BCUT2D eigenvalue weighted by atomic mass is 16.3. The van der Waals surface area contributed by atoms with Crippen LogP contribution in [0.15, 0.2) is 16.7 Å². The molecule has 1 aromatic heterocycles. The standard InChI is InChI=1S/C17H28N2O/c1-13(2)19(12-14-6-3-4-10-18-14)16-7-5-8-17-15(16)9-11-20-17/h9,11,13-14,16,18H,3-8,10,12H2,1-2H3. The Bertz CT molecular complexity index is 420. The van der Waals surface area contributed by atoms with E-state index in [0.29, 0.717) is 18.1 Å². The molecule has 2 unspecified atom stereocenters. The van der Waals surface area contributed by atoms with Crippen molar-refractivity contribution in [3.63, 3.8) is 0 Å². The number of fused-ring (bicyclic) bond motifs is 1. The third-order valence-corrected chi connectivity index (χ3v) is 4.93. The average molecular weight is 276 g/mol. The monoisotopic (exact) mass is 276 g/mol. The summed E-state index contributed by atoms with van der Waals surface area (Å²) in [6.45, 7) is 7.03. The predicted molar refractivity (Wildman–Crippen MR) is 81.9 cm³/mol. The number of piperidine rings is 1. The Balaban J connectivity index is 1.74. The van der Waals surface area contributed by atoms with Gasteiger partial charge >= 0.3 is 0 Å². The van der Waals surface area contributed by atoms with Crippen LogP contribution >= 0.6 is 0 Å². The molecule has 0 radical (unpaired) electrons. The summed E-state index contributed by atoms with van der Waals surface area (Å²) in [6.07, 6.45) is 9.57. The minimum absolute atomic E-state index is 0.557. The summed E-state index contributed by atoms with van der Waals surface area (Å²) < 4.78 is 5.66. The van der Waals surface area contributed by atoms with Gasteiger partial charge in [-0.2, -0.15) is 0 Å². The molecule has 2 aliphatic rings. The molecule has 0 amide bonds. The summed E-state index contributed by atoms with van der Waals surface area (Å²) in [7, 11) is 0. The van der Waals surface area contributed by atoms with E-state index >= 15 is 0 Å². The highest BCUT2D eigenvalue weighted by molar-refractivity contribution is 5.24. The summed E-state index contributed by atoms with van der Waals surface area (Å²) in [5.41, 5.74) is 1.45. The molecule has 2 atom stereocenters. The Labute approximate surface area is 122 Å². The normalized spacial score (nSPS) is 27.0. The molecular formula is C17H28N2O. The SMILES string of the molecule is CC(C)N(CC1CCCCN1)C1CCCc2occc21. The molecule has 3 nitrogen and oxygen atoms in total. The number of furan rings is 1. The number of aryl methyl sites for hydroxylation is 1. The smallest absolute Gasteiger partial charge is 0.108 e. The van der Waals surface area contributed by atoms with Gasteiger partial charge in [0.1, 0.15) is 5.76 Å². The van der Waals surface area contributed by atoms with E-state index in [1.807, 2.05) is 6.26 Å². The van der Waals surface area contributed by atoms with Crippen molar-refractivity contribution < 1.29 is 4.42 Å². The third kappa shape index (κ3) is 2.94. The average Bonchev–Trinajstić information content (AvgIpc) is 2.94. The summed E-state index contributed by atoms with van der Waals surface area (Å²) in [4.78, 5) is 2.69. The first-order valence-electron chi connectivity index (χ1n) is 8.31. The molecule has 0 spiro atoms. The minimum atomic E-state index is 0.557. The number of nitrogens with zero attached hydrogens (tertiary/aromatic N) is 1. The molecule has 3 heteroatoms. The Hall–Kier alpha value is -0.800. The highest BCUT2D eigenvalue weighted by Crippen LogP contribution is 2.36. The van der Waals surface area contributed by atoms with Crippen molar-refractivity contribution in [1.82, 2.24) is 10.2 Å². The van der Waals surface area contributed by atoms with Crippen LogP contribution < -0.4 is 5.32 Å². The molecule has 0 aromatic carbocycles. The second-order valence-electron chi connectivity index (χ2n) is 6.64. The lowest BCUT2D eigenvalue weighted by Crippen LogP contribution is -2.47. The zero-order valence-corrected chi connectivity index (χ0v) is 12.9. The maximum Gasteiger partial charge on any atom is 0.108 e. The first kappa shape index (κ1) is 14.2. The molecule has 1 saturated heterocycles. The summed E-state index contributed by atoms with van der Waals surface area (Å²) in [5.74, 6) is 1.23. The maximum atomic E-state index is 5.66. The first-order valence-corrected chi connectivity index (χ1v) is 8.31. The number of hydrogen-bond donors (Lipinski definition) is 1. The summed E-state index contributed by atoms with van der Waals surface area (Å²) in [5, 5.41) is 3.70. The van der Waals surface area contributed by atoms with Crippen LogP contribution in [-0.2, 0) is 6.42 Å². The quantitative estimate of drug-likeness (QED) is 0.912. The molecule has 1 aromatic rings. The molecule has 0 bridgehead atoms. The lowest BCUT2D eigenvalue weighted by atomic mass is 9.90. The molecule has 2 heterocycles. The van der Waals surface area contributed by atoms with Gasteiger partial charge in [-0.1, -0.05) is 6.42 Å². The Morgan fingerprint density at radius 3 is 2.95 bits per heavy atom. The topological polar surface area (TPSA) is 28.4 Å². The number of rotatable bonds is 4. The molecule has 20 heavy (non-hydrogen) atoms. The van der Waals surface area contributed by atoms with Gasteiger partial charge in [-0.05, 0) is 52.1 Å². The van der Waals surface area contributed by atoms with E-state index < -0.39 is 0 Å². The molecule has 112 valence electrons. The molecular weight excluding hydrogens is 248 g/mol. The molecule has 1 aliphatic heterocycles. The minimum Gasteiger partial charge on any atom is -0.469 e. The molecule has 1 N–H and O–H groups in total. The van der Waals surface area contributed by atoms with Crippen LogP contribution in [0.4, 0.5) is 0 Å². The van der Waals surface area contributed by atoms with Gasteiger partial charge in [0.2, 0.25) is 0 Å². The molecule has 1 fully saturated rings. The van der Waals surface area contributed by atoms with E-state index in [2.05, 4.69) is 30.1 Å². The maximum absolute atomic E-state index is 5.66.